The molecule has 0 aromatic heterocycles. The summed E-state index contributed by atoms with van der Waals surface area (Å²) in [6, 6.07) is 5.10. The fourth-order valence-corrected chi connectivity index (χ4v) is 2.11. The summed E-state index contributed by atoms with van der Waals surface area (Å²) < 4.78 is 0. The van der Waals surface area contributed by atoms with E-state index in [0.29, 0.717) is 0 Å². The van der Waals surface area contributed by atoms with E-state index in [1.807, 2.05) is 6.07 Å². The predicted octanol–water partition coefficient (Wildman–Crippen LogP) is 4.12. The molecule has 1 rings (SSSR count). The highest BCUT2D eigenvalue weighted by atomic mass is 79.9. The molecule has 1 aromatic carbocycles. The lowest BCUT2D eigenvalue weighted by Gasteiger charge is -2.22. The number of nitrogens with zero attached hydrogens (tertiary/aromatic N) is 1. The van der Waals surface area contributed by atoms with E-state index in [-0.39, 0.29) is 28.5 Å². The van der Waals surface area contributed by atoms with E-state index in [4.69, 9.17) is 0 Å². The summed E-state index contributed by atoms with van der Waals surface area (Å²) in [4.78, 5) is 2.50. The Kier molecular flexibility index (Phi) is 10.6. The van der Waals surface area contributed by atoms with Crippen molar-refractivity contribution < 1.29 is 10.2 Å². The second kappa shape index (κ2) is 11.0. The summed E-state index contributed by atoms with van der Waals surface area (Å²) in [6.45, 7) is 7.76. The molecule has 0 unspecified atom stereocenters. The van der Waals surface area contributed by atoms with Crippen molar-refractivity contribution in [2.45, 2.75) is 46.0 Å². The third-order valence-corrected chi connectivity index (χ3v) is 3.41. The zero-order valence-corrected chi connectivity index (χ0v) is 14.4. The van der Waals surface area contributed by atoms with Gasteiger partial charge in [-0.05, 0) is 50.0 Å². The number of phenols is 2. The Balaban J connectivity index is 0.00000361. The average Bonchev–Trinajstić information content (AvgIpc) is 2.41. The molecule has 1 aromatic rings. The molecule has 2 N–H and O–H groups in total. The van der Waals surface area contributed by atoms with Gasteiger partial charge in [0.15, 0.2) is 11.5 Å². The lowest BCUT2D eigenvalue weighted by Crippen LogP contribution is -2.28. The monoisotopic (exact) mass is 345 g/mol. The molecule has 0 saturated heterocycles. The Labute approximate surface area is 133 Å². The van der Waals surface area contributed by atoms with E-state index in [2.05, 4.69) is 18.7 Å². The third kappa shape index (κ3) is 7.15. The van der Waals surface area contributed by atoms with Gasteiger partial charge in [-0.1, -0.05) is 32.8 Å². The molecule has 20 heavy (non-hydrogen) atoms. The van der Waals surface area contributed by atoms with Gasteiger partial charge in [-0.2, -0.15) is 0 Å². The first-order valence-electron chi connectivity index (χ1n) is 7.40. The van der Waals surface area contributed by atoms with Crippen molar-refractivity contribution in [1.29, 1.82) is 0 Å². The van der Waals surface area contributed by atoms with Crippen LogP contribution in [0.5, 0.6) is 11.5 Å². The van der Waals surface area contributed by atoms with Crippen LogP contribution in [-0.2, 0) is 6.42 Å². The van der Waals surface area contributed by atoms with Gasteiger partial charge in [0.2, 0.25) is 0 Å². The predicted molar refractivity (Wildman–Crippen MR) is 90.1 cm³/mol. The quantitative estimate of drug-likeness (QED) is 0.661. The first kappa shape index (κ1) is 19.3. The van der Waals surface area contributed by atoms with Gasteiger partial charge in [0.25, 0.3) is 0 Å². The van der Waals surface area contributed by atoms with Crippen molar-refractivity contribution in [3.63, 3.8) is 0 Å². The van der Waals surface area contributed by atoms with E-state index in [9.17, 15) is 10.2 Å². The minimum Gasteiger partial charge on any atom is -0.504 e. The molecule has 0 radical (unpaired) electrons. The maximum atomic E-state index is 9.48. The number of rotatable bonds is 9. The first-order valence-corrected chi connectivity index (χ1v) is 7.40. The second-order valence-corrected chi connectivity index (χ2v) is 5.12. The van der Waals surface area contributed by atoms with Gasteiger partial charge in [0.05, 0.1) is 0 Å². The zero-order valence-electron chi connectivity index (χ0n) is 12.6. The smallest absolute Gasteiger partial charge is 0.157 e. The lowest BCUT2D eigenvalue weighted by atomic mass is 10.1. The molecule has 0 amide bonds. The minimum atomic E-state index is -0.0439. The second-order valence-electron chi connectivity index (χ2n) is 5.12. The Hall–Kier alpha value is -0.740. The van der Waals surface area contributed by atoms with Crippen molar-refractivity contribution >= 4 is 17.0 Å². The van der Waals surface area contributed by atoms with Gasteiger partial charge < -0.3 is 15.1 Å². The first-order chi connectivity index (χ1) is 9.17. The molecule has 0 heterocycles. The van der Waals surface area contributed by atoms with E-state index in [1.165, 1.54) is 25.7 Å². The van der Waals surface area contributed by atoms with Gasteiger partial charge in [-0.25, -0.2) is 0 Å². The van der Waals surface area contributed by atoms with E-state index < -0.39 is 0 Å². The van der Waals surface area contributed by atoms with E-state index in [0.717, 1.165) is 31.6 Å². The molecule has 0 fully saturated rings. The molecule has 0 bridgehead atoms. The fourth-order valence-electron chi connectivity index (χ4n) is 2.11. The number of benzene rings is 1. The summed E-state index contributed by atoms with van der Waals surface area (Å²) in [7, 11) is 0. The molecule has 3 nitrogen and oxygen atoms in total. The molecular formula is C16H28BrNO2. The number of phenolic OH excluding ortho intramolecular Hbond substituents is 2. The molecule has 4 heteroatoms. The van der Waals surface area contributed by atoms with Crippen LogP contribution in [0.4, 0.5) is 0 Å². The minimum absolute atomic E-state index is 0. The lowest BCUT2D eigenvalue weighted by molar-refractivity contribution is 0.268. The zero-order chi connectivity index (χ0) is 14.1. The molecule has 0 spiro atoms. The largest absolute Gasteiger partial charge is 0.504 e. The van der Waals surface area contributed by atoms with Gasteiger partial charge in [0, 0.05) is 6.54 Å². The molecular weight excluding hydrogens is 318 g/mol. The Morgan fingerprint density at radius 2 is 1.50 bits per heavy atom. The summed E-state index contributed by atoms with van der Waals surface area (Å²) in [5.41, 5.74) is 1.08. The van der Waals surface area contributed by atoms with Crippen LogP contribution in [0, 0.1) is 0 Å². The standard InChI is InChI=1S/C16H27NO2.BrH/c1-3-5-10-17(11-6-4-2)12-9-14-7-8-15(18)16(19)13-14;/h7-8,13,18-19H,3-6,9-12H2,1-2H3;1H. The Morgan fingerprint density at radius 1 is 0.900 bits per heavy atom. The van der Waals surface area contributed by atoms with Crippen molar-refractivity contribution in [1.82, 2.24) is 4.90 Å². The number of hydrogen-bond acceptors (Lipinski definition) is 3. The maximum absolute atomic E-state index is 9.48. The van der Waals surface area contributed by atoms with Crippen LogP contribution in [-0.4, -0.2) is 34.7 Å². The van der Waals surface area contributed by atoms with Crippen LogP contribution in [0.1, 0.15) is 45.1 Å². The topological polar surface area (TPSA) is 43.7 Å². The molecule has 0 aliphatic heterocycles. The Morgan fingerprint density at radius 3 is 2.00 bits per heavy atom. The highest BCUT2D eigenvalue weighted by molar-refractivity contribution is 8.93. The highest BCUT2D eigenvalue weighted by Crippen LogP contribution is 2.25. The van der Waals surface area contributed by atoms with Crippen LogP contribution < -0.4 is 0 Å². The molecule has 116 valence electrons. The normalized spacial score (nSPS) is 10.6. The van der Waals surface area contributed by atoms with Crippen LogP contribution in [0.2, 0.25) is 0 Å². The van der Waals surface area contributed by atoms with E-state index in [1.54, 1.807) is 12.1 Å². The van der Waals surface area contributed by atoms with Crippen LogP contribution >= 0.6 is 17.0 Å². The van der Waals surface area contributed by atoms with Crippen molar-refractivity contribution in [2.75, 3.05) is 19.6 Å². The summed E-state index contributed by atoms with van der Waals surface area (Å²) in [5.74, 6) is -0.0660. The van der Waals surface area contributed by atoms with Gasteiger partial charge >= 0.3 is 0 Å². The number of aromatic hydroxyl groups is 2. The van der Waals surface area contributed by atoms with Crippen LogP contribution in [0.3, 0.4) is 0 Å². The van der Waals surface area contributed by atoms with E-state index >= 15 is 0 Å². The maximum Gasteiger partial charge on any atom is 0.157 e. The number of halogens is 1. The molecule has 0 aliphatic rings. The summed E-state index contributed by atoms with van der Waals surface area (Å²) >= 11 is 0. The van der Waals surface area contributed by atoms with Crippen molar-refractivity contribution in [3.05, 3.63) is 23.8 Å². The van der Waals surface area contributed by atoms with Crippen molar-refractivity contribution in [3.8, 4) is 11.5 Å². The molecule has 0 aliphatic carbocycles. The molecule has 0 atom stereocenters. The van der Waals surface area contributed by atoms with Crippen LogP contribution in [0.25, 0.3) is 0 Å². The third-order valence-electron chi connectivity index (χ3n) is 3.41. The average molecular weight is 346 g/mol. The van der Waals surface area contributed by atoms with Crippen LogP contribution in [0.15, 0.2) is 18.2 Å². The fraction of sp³-hybridized carbons (Fsp3) is 0.625. The van der Waals surface area contributed by atoms with Gasteiger partial charge in [-0.3, -0.25) is 0 Å². The summed E-state index contributed by atoms with van der Waals surface area (Å²) in [5, 5.41) is 18.8. The number of hydrogen-bond donors (Lipinski definition) is 2. The summed E-state index contributed by atoms with van der Waals surface area (Å²) in [6.07, 6.45) is 5.85. The van der Waals surface area contributed by atoms with Gasteiger partial charge in [-0.15, -0.1) is 17.0 Å². The number of unbranched alkanes of at least 4 members (excludes halogenated alkanes) is 2. The Bertz CT molecular complexity index is 363. The van der Waals surface area contributed by atoms with Gasteiger partial charge in [0.1, 0.15) is 0 Å². The van der Waals surface area contributed by atoms with Crippen molar-refractivity contribution in [2.24, 2.45) is 0 Å². The highest BCUT2D eigenvalue weighted by Gasteiger charge is 2.06. The SMILES string of the molecule is Br.CCCCN(CCCC)CCc1ccc(O)c(O)c1. The molecule has 0 saturated carbocycles.